The van der Waals surface area contributed by atoms with Gasteiger partial charge in [-0.2, -0.15) is 16.9 Å². The zero-order valence-corrected chi connectivity index (χ0v) is 13.9. The molecule has 2 aliphatic rings. The lowest BCUT2D eigenvalue weighted by Crippen LogP contribution is -2.54. The monoisotopic (exact) mass is 347 g/mol. The molecule has 0 bridgehead atoms. The Morgan fingerprint density at radius 1 is 1.29 bits per heavy atom. The molecule has 2 aromatic rings. The van der Waals surface area contributed by atoms with E-state index >= 15 is 0 Å². The van der Waals surface area contributed by atoms with Crippen molar-refractivity contribution in [1.82, 2.24) is 14.7 Å². The van der Waals surface area contributed by atoms with Crippen molar-refractivity contribution < 1.29 is 13.9 Å². The van der Waals surface area contributed by atoms with E-state index in [0.717, 1.165) is 24.4 Å². The van der Waals surface area contributed by atoms with Crippen LogP contribution in [0.3, 0.4) is 0 Å². The van der Waals surface area contributed by atoms with Gasteiger partial charge in [-0.1, -0.05) is 0 Å². The second-order valence-electron chi connectivity index (χ2n) is 5.96. The van der Waals surface area contributed by atoms with E-state index in [1.54, 1.807) is 29.1 Å². The van der Waals surface area contributed by atoms with Gasteiger partial charge in [-0.15, -0.1) is 0 Å². The molecule has 1 amide bonds. The normalized spacial score (nSPS) is 23.8. The van der Waals surface area contributed by atoms with Gasteiger partial charge in [0.1, 0.15) is 5.82 Å². The Morgan fingerprint density at radius 2 is 2.12 bits per heavy atom. The third-order valence-electron chi connectivity index (χ3n) is 4.49. The molecule has 0 aliphatic carbocycles. The van der Waals surface area contributed by atoms with Gasteiger partial charge in [-0.25, -0.2) is 9.07 Å². The Hall–Kier alpha value is -1.86. The van der Waals surface area contributed by atoms with E-state index in [1.165, 1.54) is 12.1 Å². The Morgan fingerprint density at radius 3 is 2.96 bits per heavy atom. The first-order chi connectivity index (χ1) is 11.7. The van der Waals surface area contributed by atoms with E-state index in [4.69, 9.17) is 4.74 Å². The van der Waals surface area contributed by atoms with E-state index in [-0.39, 0.29) is 17.8 Å². The van der Waals surface area contributed by atoms with E-state index in [9.17, 15) is 9.18 Å². The average Bonchev–Trinajstić information content (AvgIpc) is 3.11. The van der Waals surface area contributed by atoms with Crippen molar-refractivity contribution in [3.05, 3.63) is 48.0 Å². The minimum Gasteiger partial charge on any atom is -0.380 e. The van der Waals surface area contributed by atoms with Gasteiger partial charge in [-0.05, 0) is 36.8 Å². The third-order valence-corrected chi connectivity index (χ3v) is 5.79. The van der Waals surface area contributed by atoms with Crippen LogP contribution in [0, 0.1) is 5.82 Å². The largest absolute Gasteiger partial charge is 0.380 e. The molecule has 0 spiro atoms. The molecule has 2 atom stereocenters. The van der Waals surface area contributed by atoms with Crippen LogP contribution in [-0.4, -0.2) is 57.4 Å². The highest BCUT2D eigenvalue weighted by Crippen LogP contribution is 2.31. The predicted molar refractivity (Wildman–Crippen MR) is 90.0 cm³/mol. The van der Waals surface area contributed by atoms with E-state index in [2.05, 4.69) is 5.10 Å². The van der Waals surface area contributed by atoms with Crippen molar-refractivity contribution in [1.29, 1.82) is 0 Å². The maximum Gasteiger partial charge on any atom is 0.274 e. The van der Waals surface area contributed by atoms with Crippen molar-refractivity contribution >= 4 is 17.7 Å². The molecule has 0 radical (unpaired) electrons. The molecule has 4 rings (SSSR count). The van der Waals surface area contributed by atoms with Crippen molar-refractivity contribution in [2.24, 2.45) is 0 Å². The number of ether oxygens (including phenoxy) is 1. The first-order valence-corrected chi connectivity index (χ1v) is 9.09. The summed E-state index contributed by atoms with van der Waals surface area (Å²) in [6, 6.07) is 7.99. The Kier molecular flexibility index (Phi) is 4.28. The average molecular weight is 347 g/mol. The predicted octanol–water partition coefficient (Wildman–Crippen LogP) is 2.36. The third kappa shape index (κ3) is 2.93. The summed E-state index contributed by atoms with van der Waals surface area (Å²) in [5, 5.41) is 4.74. The lowest BCUT2D eigenvalue weighted by atomic mass is 10.1. The van der Waals surface area contributed by atoms with Gasteiger partial charge in [0.2, 0.25) is 0 Å². The molecule has 0 saturated carbocycles. The van der Waals surface area contributed by atoms with Crippen molar-refractivity contribution in [2.75, 3.05) is 25.5 Å². The van der Waals surface area contributed by atoms with Crippen LogP contribution in [0.4, 0.5) is 4.39 Å². The molecule has 1 aromatic heterocycles. The fourth-order valence-electron chi connectivity index (χ4n) is 3.26. The molecule has 2 aliphatic heterocycles. The smallest absolute Gasteiger partial charge is 0.274 e. The number of carbonyl (C=O) groups excluding carboxylic acids is 1. The second kappa shape index (κ2) is 6.57. The van der Waals surface area contributed by atoms with Gasteiger partial charge in [-0.3, -0.25) is 4.79 Å². The van der Waals surface area contributed by atoms with Crippen LogP contribution >= 0.6 is 11.8 Å². The Labute approximate surface area is 143 Å². The summed E-state index contributed by atoms with van der Waals surface area (Å²) in [6.45, 7) is 2.16. The Bertz CT molecular complexity index is 732. The molecule has 0 N–H and O–H groups in total. The number of amides is 1. The molecule has 24 heavy (non-hydrogen) atoms. The summed E-state index contributed by atoms with van der Waals surface area (Å²) in [7, 11) is 0. The highest BCUT2D eigenvalue weighted by atomic mass is 32.2. The first-order valence-electron chi connectivity index (χ1n) is 8.04. The number of hydrogen-bond donors (Lipinski definition) is 0. The SMILES string of the molecule is O=C(c1ccn(-c2ccc(F)cc2)n1)N1CCS[C@@H]2COCC[C@H]21. The summed E-state index contributed by atoms with van der Waals surface area (Å²) < 4.78 is 20.2. The molecular formula is C17H18FN3O2S. The molecular weight excluding hydrogens is 329 g/mol. The van der Waals surface area contributed by atoms with Crippen LogP contribution in [0.15, 0.2) is 36.5 Å². The van der Waals surface area contributed by atoms with Crippen molar-refractivity contribution in [3.8, 4) is 5.69 Å². The summed E-state index contributed by atoms with van der Waals surface area (Å²) in [5.74, 6) is 0.598. The highest BCUT2D eigenvalue weighted by molar-refractivity contribution is 8.00. The minimum atomic E-state index is -0.293. The quantitative estimate of drug-likeness (QED) is 0.837. The molecule has 126 valence electrons. The van der Waals surface area contributed by atoms with Gasteiger partial charge in [0.25, 0.3) is 5.91 Å². The maximum absolute atomic E-state index is 13.0. The Balaban J connectivity index is 1.55. The van der Waals surface area contributed by atoms with Crippen LogP contribution in [-0.2, 0) is 4.74 Å². The summed E-state index contributed by atoms with van der Waals surface area (Å²) >= 11 is 1.89. The van der Waals surface area contributed by atoms with Gasteiger partial charge in [0.05, 0.1) is 12.3 Å². The lowest BCUT2D eigenvalue weighted by Gasteiger charge is -2.43. The lowest BCUT2D eigenvalue weighted by molar-refractivity contribution is 0.0315. The highest BCUT2D eigenvalue weighted by Gasteiger charge is 2.37. The zero-order valence-electron chi connectivity index (χ0n) is 13.1. The molecule has 3 heterocycles. The van der Waals surface area contributed by atoms with E-state index in [1.807, 2.05) is 16.7 Å². The van der Waals surface area contributed by atoms with E-state index < -0.39 is 0 Å². The number of aromatic nitrogens is 2. The number of carbonyl (C=O) groups is 1. The number of benzene rings is 1. The van der Waals surface area contributed by atoms with Gasteiger partial charge < -0.3 is 9.64 Å². The zero-order chi connectivity index (χ0) is 16.5. The van der Waals surface area contributed by atoms with E-state index in [0.29, 0.717) is 24.2 Å². The van der Waals surface area contributed by atoms with Crippen molar-refractivity contribution in [3.63, 3.8) is 0 Å². The molecule has 1 aromatic carbocycles. The molecule has 0 unspecified atom stereocenters. The molecule has 5 nitrogen and oxygen atoms in total. The number of thioether (sulfide) groups is 1. The van der Waals surface area contributed by atoms with Crippen LogP contribution in [0.2, 0.25) is 0 Å². The van der Waals surface area contributed by atoms with Crippen LogP contribution < -0.4 is 0 Å². The van der Waals surface area contributed by atoms with Crippen LogP contribution in [0.1, 0.15) is 16.9 Å². The van der Waals surface area contributed by atoms with Gasteiger partial charge >= 0.3 is 0 Å². The molecule has 2 saturated heterocycles. The minimum absolute atomic E-state index is 0.0342. The number of hydrogen-bond acceptors (Lipinski definition) is 4. The number of halogens is 1. The van der Waals surface area contributed by atoms with Crippen LogP contribution in [0.5, 0.6) is 0 Å². The van der Waals surface area contributed by atoms with Crippen LogP contribution in [0.25, 0.3) is 5.69 Å². The maximum atomic E-state index is 13.0. The number of nitrogens with zero attached hydrogens (tertiary/aromatic N) is 3. The molecule has 2 fully saturated rings. The summed E-state index contributed by atoms with van der Waals surface area (Å²) in [6.07, 6.45) is 2.61. The standard InChI is InChI=1S/C17H18FN3O2S/c18-12-1-3-13(4-2-12)21-7-5-14(19-21)17(22)20-8-10-24-16-11-23-9-6-15(16)20/h1-5,7,15-16H,6,8-11H2/t15-,16-/m1/s1. The first kappa shape index (κ1) is 15.7. The van der Waals surface area contributed by atoms with Gasteiger partial charge in [0, 0.05) is 36.4 Å². The van der Waals surface area contributed by atoms with Gasteiger partial charge in [0.15, 0.2) is 5.69 Å². The fourth-order valence-corrected chi connectivity index (χ4v) is 4.56. The molecule has 7 heteroatoms. The summed E-state index contributed by atoms with van der Waals surface area (Å²) in [4.78, 5) is 14.8. The second-order valence-corrected chi connectivity index (χ2v) is 7.31. The summed E-state index contributed by atoms with van der Waals surface area (Å²) in [5.41, 5.74) is 1.16. The van der Waals surface area contributed by atoms with Crippen molar-refractivity contribution in [2.45, 2.75) is 17.7 Å². The fraction of sp³-hybridized carbons (Fsp3) is 0.412. The number of fused-ring (bicyclic) bond motifs is 1. The topological polar surface area (TPSA) is 47.4 Å². The number of rotatable bonds is 2.